The van der Waals surface area contributed by atoms with Gasteiger partial charge in [-0.25, -0.2) is 0 Å². The summed E-state index contributed by atoms with van der Waals surface area (Å²) in [7, 11) is -9.87. The fourth-order valence-electron chi connectivity index (χ4n) is 4.03. The van der Waals surface area contributed by atoms with Crippen molar-refractivity contribution >= 4 is 34.2 Å². The molecule has 0 atom stereocenters. The molecule has 1 fully saturated rings. The van der Waals surface area contributed by atoms with Gasteiger partial charge in [0.2, 0.25) is 0 Å². The molecule has 6 nitrogen and oxygen atoms in total. The van der Waals surface area contributed by atoms with E-state index >= 15 is 0 Å². The third-order valence-corrected chi connectivity index (χ3v) is 23.9. The molecule has 1 aliphatic heterocycles. The SMILES string of the molecule is CCC[Si]1(C)O[Si](C)(CCCO)O[Si](C)(CCC)O[Si](C)(CCCO)O1. The van der Waals surface area contributed by atoms with Crippen molar-refractivity contribution in [3.05, 3.63) is 0 Å². The molecule has 0 radical (unpaired) electrons. The molecule has 0 saturated carbocycles. The zero-order valence-corrected chi connectivity index (χ0v) is 21.6. The zero-order valence-electron chi connectivity index (χ0n) is 17.6. The average Bonchev–Trinajstić information content (AvgIpc) is 2.49. The summed E-state index contributed by atoms with van der Waals surface area (Å²) < 4.78 is 27.1. The van der Waals surface area contributed by atoms with Crippen molar-refractivity contribution in [3.8, 4) is 0 Å². The van der Waals surface area contributed by atoms with Gasteiger partial charge in [-0.1, -0.05) is 26.7 Å². The normalized spacial score (nSPS) is 38.8. The van der Waals surface area contributed by atoms with Crippen LogP contribution in [-0.4, -0.2) is 57.7 Å². The van der Waals surface area contributed by atoms with Gasteiger partial charge in [-0.05, 0) is 63.2 Å². The van der Waals surface area contributed by atoms with E-state index in [1.54, 1.807) is 0 Å². The lowest BCUT2D eigenvalue weighted by atomic mass is 10.5. The Morgan fingerprint density at radius 1 is 0.538 bits per heavy atom. The minimum Gasteiger partial charge on any atom is -0.416 e. The molecular weight excluding hydrogens is 401 g/mol. The first kappa shape index (κ1) is 24.7. The largest absolute Gasteiger partial charge is 0.416 e. The van der Waals surface area contributed by atoms with Crippen LogP contribution in [0, 0.1) is 0 Å². The van der Waals surface area contributed by atoms with Crippen molar-refractivity contribution < 1.29 is 26.7 Å². The van der Waals surface area contributed by atoms with E-state index in [9.17, 15) is 10.2 Å². The van der Waals surface area contributed by atoms with E-state index in [-0.39, 0.29) is 13.2 Å². The van der Waals surface area contributed by atoms with E-state index in [0.717, 1.165) is 37.0 Å². The van der Waals surface area contributed by atoms with E-state index in [2.05, 4.69) is 40.0 Å². The number of hydrogen-bond acceptors (Lipinski definition) is 6. The van der Waals surface area contributed by atoms with Crippen LogP contribution in [0.1, 0.15) is 39.5 Å². The van der Waals surface area contributed by atoms with Crippen molar-refractivity contribution in [2.24, 2.45) is 0 Å². The fourth-order valence-corrected chi connectivity index (χ4v) is 27.5. The van der Waals surface area contributed by atoms with Gasteiger partial charge in [-0.3, -0.25) is 0 Å². The first-order valence-corrected chi connectivity index (χ1v) is 20.2. The number of rotatable bonds is 10. The lowest BCUT2D eigenvalue weighted by Gasteiger charge is -2.50. The second kappa shape index (κ2) is 10.4. The Labute approximate surface area is 164 Å². The minimum atomic E-state index is -2.49. The maximum atomic E-state index is 9.34. The molecule has 1 aliphatic rings. The van der Waals surface area contributed by atoms with Gasteiger partial charge in [-0.2, -0.15) is 0 Å². The quantitative estimate of drug-likeness (QED) is 0.501. The van der Waals surface area contributed by atoms with Crippen LogP contribution in [-0.2, 0) is 16.5 Å². The van der Waals surface area contributed by atoms with Crippen LogP contribution in [0.2, 0.25) is 50.4 Å². The number of hydrogen-bond donors (Lipinski definition) is 2. The molecule has 156 valence electrons. The number of aliphatic hydroxyl groups excluding tert-OH is 2. The third-order valence-electron chi connectivity index (χ3n) is 4.71. The standard InChI is InChI=1S/C16H40O6Si4/c1-7-13-23(3)19-25(5,15-9-11-17)21-24(4,14-8-2)22-26(6,20-23)16-10-12-18/h17-18H,7-16H2,1-6H3. The predicted molar refractivity (Wildman–Crippen MR) is 114 cm³/mol. The molecule has 0 aromatic carbocycles. The first-order chi connectivity index (χ1) is 12.1. The van der Waals surface area contributed by atoms with Gasteiger partial charge >= 0.3 is 34.2 Å². The molecule has 1 rings (SSSR count). The predicted octanol–water partition coefficient (Wildman–Crippen LogP) is 3.94. The highest BCUT2D eigenvalue weighted by atomic mass is 28.5. The molecule has 0 amide bonds. The Morgan fingerprint density at radius 3 is 1.04 bits per heavy atom. The van der Waals surface area contributed by atoms with Gasteiger partial charge in [0.25, 0.3) is 0 Å². The molecule has 0 aromatic heterocycles. The summed E-state index contributed by atoms with van der Waals surface area (Å²) in [4.78, 5) is 0. The Kier molecular flexibility index (Phi) is 9.88. The summed E-state index contributed by atoms with van der Waals surface area (Å²) in [6.45, 7) is 13.1. The van der Waals surface area contributed by atoms with Crippen LogP contribution in [0.4, 0.5) is 0 Å². The molecule has 0 aliphatic carbocycles. The highest BCUT2D eigenvalue weighted by molar-refractivity contribution is 6.93. The van der Waals surface area contributed by atoms with E-state index in [0.29, 0.717) is 12.8 Å². The van der Waals surface area contributed by atoms with E-state index in [1.165, 1.54) is 0 Å². The average molecular weight is 441 g/mol. The molecule has 1 heterocycles. The van der Waals surface area contributed by atoms with Crippen molar-refractivity contribution in [2.75, 3.05) is 13.2 Å². The second-order valence-electron chi connectivity index (χ2n) is 8.10. The summed E-state index contributed by atoms with van der Waals surface area (Å²) in [5.74, 6) is 0. The maximum absolute atomic E-state index is 9.34. The maximum Gasteiger partial charge on any atom is 0.317 e. The fraction of sp³-hybridized carbons (Fsp3) is 1.00. The van der Waals surface area contributed by atoms with Gasteiger partial charge in [0, 0.05) is 13.2 Å². The van der Waals surface area contributed by atoms with Crippen LogP contribution in [0.25, 0.3) is 0 Å². The molecule has 26 heavy (non-hydrogen) atoms. The highest BCUT2D eigenvalue weighted by Crippen LogP contribution is 2.38. The van der Waals surface area contributed by atoms with Crippen molar-refractivity contribution in [2.45, 2.75) is 89.9 Å². The van der Waals surface area contributed by atoms with Crippen molar-refractivity contribution in [3.63, 3.8) is 0 Å². The molecule has 0 spiro atoms. The molecule has 1 saturated heterocycles. The molecule has 0 bridgehead atoms. The molecule has 2 N–H and O–H groups in total. The third kappa shape index (κ3) is 7.57. The lowest BCUT2D eigenvalue weighted by Crippen LogP contribution is -2.67. The van der Waals surface area contributed by atoms with Crippen LogP contribution < -0.4 is 0 Å². The number of aliphatic hydroxyl groups is 2. The van der Waals surface area contributed by atoms with Crippen LogP contribution in [0.3, 0.4) is 0 Å². The second-order valence-corrected chi connectivity index (χ2v) is 22.4. The minimum absolute atomic E-state index is 0.151. The van der Waals surface area contributed by atoms with E-state index < -0.39 is 34.2 Å². The highest BCUT2D eigenvalue weighted by Gasteiger charge is 2.55. The monoisotopic (exact) mass is 440 g/mol. The van der Waals surface area contributed by atoms with Gasteiger partial charge in [0.05, 0.1) is 0 Å². The molecule has 10 heteroatoms. The zero-order chi connectivity index (χ0) is 19.9. The Hall–Kier alpha value is 0.628. The summed E-state index contributed by atoms with van der Waals surface area (Å²) in [6.07, 6.45) is 3.38. The van der Waals surface area contributed by atoms with Crippen molar-refractivity contribution in [1.29, 1.82) is 0 Å². The van der Waals surface area contributed by atoms with Gasteiger partial charge in [0.15, 0.2) is 0 Å². The van der Waals surface area contributed by atoms with E-state index in [1.807, 2.05) is 0 Å². The summed E-state index contributed by atoms with van der Waals surface area (Å²) in [6, 6.07) is 3.36. The topological polar surface area (TPSA) is 77.4 Å². The first-order valence-electron chi connectivity index (χ1n) is 10.1. The van der Waals surface area contributed by atoms with E-state index in [4.69, 9.17) is 16.5 Å². The summed E-state index contributed by atoms with van der Waals surface area (Å²) >= 11 is 0. The smallest absolute Gasteiger partial charge is 0.317 e. The van der Waals surface area contributed by atoms with Crippen molar-refractivity contribution in [1.82, 2.24) is 0 Å². The Bertz CT molecular complexity index is 376. The van der Waals surface area contributed by atoms with Gasteiger partial charge in [0.1, 0.15) is 0 Å². The molecule has 0 unspecified atom stereocenters. The van der Waals surface area contributed by atoms with Crippen LogP contribution in [0.15, 0.2) is 0 Å². The molecular formula is C16H40O6Si4. The summed E-state index contributed by atoms with van der Waals surface area (Å²) in [5, 5.41) is 18.7. The Morgan fingerprint density at radius 2 is 0.808 bits per heavy atom. The Balaban J connectivity index is 3.22. The molecule has 0 aromatic rings. The van der Waals surface area contributed by atoms with Gasteiger partial charge in [-0.15, -0.1) is 0 Å². The van der Waals surface area contributed by atoms with Crippen LogP contribution in [0.5, 0.6) is 0 Å². The van der Waals surface area contributed by atoms with Crippen LogP contribution >= 0.6 is 0 Å². The summed E-state index contributed by atoms with van der Waals surface area (Å²) in [5.41, 5.74) is 0. The lowest BCUT2D eigenvalue weighted by molar-refractivity contribution is 0.213. The van der Waals surface area contributed by atoms with Gasteiger partial charge < -0.3 is 26.7 Å².